The van der Waals surface area contributed by atoms with E-state index in [0.717, 1.165) is 36.5 Å². The molecule has 0 unspecified atom stereocenters. The van der Waals surface area contributed by atoms with E-state index < -0.39 is 11.2 Å². The highest BCUT2D eigenvalue weighted by atomic mass is 16.5. The molecule has 0 radical (unpaired) electrons. The Kier molecular flexibility index (Phi) is 5.97. The maximum atomic E-state index is 12.2. The third-order valence-electron chi connectivity index (χ3n) is 10.9. The average Bonchev–Trinajstić information content (AvgIpc) is 2.99. The first-order valence-corrected chi connectivity index (χ1v) is 13.0. The first kappa shape index (κ1) is 22.8. The molecule has 0 aromatic carbocycles. The second-order valence-electron chi connectivity index (χ2n) is 12.7. The molecule has 0 aromatic heterocycles. The molecule has 8 atom stereocenters. The van der Waals surface area contributed by atoms with Crippen LogP contribution in [0.1, 0.15) is 105 Å². The van der Waals surface area contributed by atoms with Gasteiger partial charge < -0.3 is 10.2 Å². The predicted molar refractivity (Wildman–Crippen MR) is 121 cm³/mol. The van der Waals surface area contributed by atoms with E-state index in [9.17, 15) is 15.0 Å². The minimum atomic E-state index is -1.83. The predicted octanol–water partition coefficient (Wildman–Crippen LogP) is 5.97. The number of ketones is 1. The molecule has 0 aromatic rings. The van der Waals surface area contributed by atoms with Gasteiger partial charge in [-0.1, -0.05) is 53.9 Å². The SMILES string of the molecule is CC(C)CCC[C@@H](C)[C@H]1CC[C@H]2[C@@H]3CC[C@H]4CC(=O)CC(O)(O)[C@]4(C)[C@H]3CC[C@]12C. The molecule has 3 nitrogen and oxygen atoms in total. The van der Waals surface area contributed by atoms with E-state index in [1.54, 1.807) is 0 Å². The molecule has 4 fully saturated rings. The lowest BCUT2D eigenvalue weighted by atomic mass is 9.43. The Morgan fingerprint density at radius 3 is 2.40 bits per heavy atom. The van der Waals surface area contributed by atoms with Crippen molar-refractivity contribution >= 4 is 5.78 Å². The van der Waals surface area contributed by atoms with Gasteiger partial charge in [-0.3, -0.25) is 4.79 Å². The fourth-order valence-electron chi connectivity index (χ4n) is 9.21. The summed E-state index contributed by atoms with van der Waals surface area (Å²) in [7, 11) is 0. The Labute approximate surface area is 184 Å². The molecule has 4 saturated carbocycles. The number of Topliss-reactive ketones (excluding diaryl/α,β-unsaturated/α-hetero) is 1. The molecule has 0 saturated heterocycles. The lowest BCUT2D eigenvalue weighted by molar-refractivity contribution is -0.304. The maximum absolute atomic E-state index is 12.2. The van der Waals surface area contributed by atoms with Gasteiger partial charge in [-0.25, -0.2) is 0 Å². The lowest BCUT2D eigenvalue weighted by Crippen LogP contribution is -2.64. The summed E-state index contributed by atoms with van der Waals surface area (Å²) in [5, 5.41) is 22.1. The third kappa shape index (κ3) is 3.41. The first-order chi connectivity index (χ1) is 14.0. The minimum absolute atomic E-state index is 0.0396. The summed E-state index contributed by atoms with van der Waals surface area (Å²) in [6, 6.07) is 0. The zero-order valence-corrected chi connectivity index (χ0v) is 20.1. The molecule has 172 valence electrons. The van der Waals surface area contributed by atoms with Gasteiger partial charge in [0.05, 0.1) is 6.42 Å². The molecule has 0 aliphatic heterocycles. The number of hydrogen-bond acceptors (Lipinski definition) is 3. The molecule has 30 heavy (non-hydrogen) atoms. The van der Waals surface area contributed by atoms with Gasteiger partial charge in [0, 0.05) is 11.8 Å². The molecule has 4 aliphatic rings. The Hall–Kier alpha value is -0.410. The fraction of sp³-hybridized carbons (Fsp3) is 0.963. The molecular formula is C27H46O3. The van der Waals surface area contributed by atoms with Crippen molar-refractivity contribution in [1.82, 2.24) is 0 Å². The third-order valence-corrected chi connectivity index (χ3v) is 10.9. The summed E-state index contributed by atoms with van der Waals surface area (Å²) in [4.78, 5) is 12.2. The zero-order chi connectivity index (χ0) is 21.9. The van der Waals surface area contributed by atoms with Crippen LogP contribution in [0.15, 0.2) is 0 Å². The summed E-state index contributed by atoms with van der Waals surface area (Å²) >= 11 is 0. The molecule has 3 heteroatoms. The van der Waals surface area contributed by atoms with E-state index in [-0.39, 0.29) is 18.1 Å². The van der Waals surface area contributed by atoms with Crippen molar-refractivity contribution in [2.24, 2.45) is 52.3 Å². The lowest BCUT2D eigenvalue weighted by Gasteiger charge is -2.63. The fourth-order valence-corrected chi connectivity index (χ4v) is 9.21. The highest BCUT2D eigenvalue weighted by Gasteiger charge is 2.66. The summed E-state index contributed by atoms with van der Waals surface area (Å²) in [5.74, 6) is 2.45. The topological polar surface area (TPSA) is 57.5 Å². The van der Waals surface area contributed by atoms with Crippen molar-refractivity contribution in [3.05, 3.63) is 0 Å². The van der Waals surface area contributed by atoms with Crippen molar-refractivity contribution in [2.75, 3.05) is 0 Å². The largest absolute Gasteiger partial charge is 0.365 e. The number of rotatable bonds is 5. The number of carbonyl (C=O) groups is 1. The molecule has 4 aliphatic carbocycles. The molecule has 2 N–H and O–H groups in total. The average molecular weight is 419 g/mol. The van der Waals surface area contributed by atoms with Gasteiger partial charge in [-0.2, -0.15) is 0 Å². The quantitative estimate of drug-likeness (QED) is 0.541. The van der Waals surface area contributed by atoms with Crippen molar-refractivity contribution < 1.29 is 15.0 Å². The van der Waals surface area contributed by atoms with Crippen LogP contribution in [0.2, 0.25) is 0 Å². The Balaban J connectivity index is 1.53. The highest BCUT2D eigenvalue weighted by Crippen LogP contribution is 2.69. The van der Waals surface area contributed by atoms with Crippen molar-refractivity contribution in [2.45, 2.75) is 111 Å². The summed E-state index contributed by atoms with van der Waals surface area (Å²) < 4.78 is 0. The van der Waals surface area contributed by atoms with Crippen molar-refractivity contribution in [3.63, 3.8) is 0 Å². The van der Waals surface area contributed by atoms with Crippen LogP contribution in [0.25, 0.3) is 0 Å². The summed E-state index contributed by atoms with van der Waals surface area (Å²) in [6.45, 7) is 11.9. The van der Waals surface area contributed by atoms with Gasteiger partial charge >= 0.3 is 0 Å². The Morgan fingerprint density at radius 1 is 0.967 bits per heavy atom. The summed E-state index contributed by atoms with van der Waals surface area (Å²) in [5.41, 5.74) is -0.105. The van der Waals surface area contributed by atoms with Crippen LogP contribution >= 0.6 is 0 Å². The monoisotopic (exact) mass is 418 g/mol. The second kappa shape index (κ2) is 7.87. The van der Waals surface area contributed by atoms with E-state index in [2.05, 4.69) is 34.6 Å². The van der Waals surface area contributed by atoms with Gasteiger partial charge in [0.25, 0.3) is 0 Å². The van der Waals surface area contributed by atoms with Crippen LogP contribution in [0.3, 0.4) is 0 Å². The van der Waals surface area contributed by atoms with Crippen molar-refractivity contribution in [3.8, 4) is 0 Å². The summed E-state index contributed by atoms with van der Waals surface area (Å²) in [6.07, 6.45) is 11.7. The van der Waals surface area contributed by atoms with E-state index in [1.807, 2.05) is 0 Å². The standard InChI is InChI=1S/C27H46O3/c1-17(2)7-6-8-18(3)22-11-12-23-21-10-9-19-15-20(28)16-27(29,30)26(19,5)24(21)13-14-25(22,23)4/h17-19,21-24,29-30H,6-16H2,1-5H3/t18-,19+,21+,22-,23+,24+,25-,26+/m1/s1. The highest BCUT2D eigenvalue weighted by molar-refractivity contribution is 5.81. The number of fused-ring (bicyclic) bond motifs is 5. The van der Waals surface area contributed by atoms with Gasteiger partial charge in [0.2, 0.25) is 0 Å². The van der Waals surface area contributed by atoms with Crippen LogP contribution in [0.5, 0.6) is 0 Å². The van der Waals surface area contributed by atoms with Crippen molar-refractivity contribution in [1.29, 1.82) is 0 Å². The van der Waals surface area contributed by atoms with E-state index in [4.69, 9.17) is 0 Å². The van der Waals surface area contributed by atoms with Crippen LogP contribution in [-0.4, -0.2) is 21.8 Å². The Morgan fingerprint density at radius 2 is 1.70 bits per heavy atom. The smallest absolute Gasteiger partial charge is 0.175 e. The maximum Gasteiger partial charge on any atom is 0.175 e. The van der Waals surface area contributed by atoms with Crippen LogP contribution in [0, 0.1) is 52.3 Å². The molecule has 0 bridgehead atoms. The molecular weight excluding hydrogens is 372 g/mol. The zero-order valence-electron chi connectivity index (χ0n) is 20.1. The molecule has 0 heterocycles. The van der Waals surface area contributed by atoms with E-state index in [0.29, 0.717) is 23.7 Å². The molecule has 4 rings (SSSR count). The normalized spacial score (nSPS) is 46.3. The van der Waals surface area contributed by atoms with E-state index in [1.165, 1.54) is 44.9 Å². The van der Waals surface area contributed by atoms with Crippen LogP contribution < -0.4 is 0 Å². The first-order valence-electron chi connectivity index (χ1n) is 13.0. The van der Waals surface area contributed by atoms with Gasteiger partial charge in [0.1, 0.15) is 5.78 Å². The van der Waals surface area contributed by atoms with Gasteiger partial charge in [-0.15, -0.1) is 0 Å². The minimum Gasteiger partial charge on any atom is -0.365 e. The molecule has 0 amide bonds. The number of carbonyl (C=O) groups excluding carboxylic acids is 1. The van der Waals surface area contributed by atoms with E-state index >= 15 is 0 Å². The molecule has 0 spiro atoms. The Bertz CT molecular complexity index is 654. The van der Waals surface area contributed by atoms with Crippen LogP contribution in [0.4, 0.5) is 0 Å². The van der Waals surface area contributed by atoms with Gasteiger partial charge in [-0.05, 0) is 85.4 Å². The second-order valence-corrected chi connectivity index (χ2v) is 12.7. The van der Waals surface area contributed by atoms with Crippen LogP contribution in [-0.2, 0) is 4.79 Å². The van der Waals surface area contributed by atoms with Gasteiger partial charge in [0.15, 0.2) is 5.79 Å². The number of hydrogen-bond donors (Lipinski definition) is 2. The number of aliphatic hydroxyl groups is 2.